The zero-order valence-electron chi connectivity index (χ0n) is 16.4. The fourth-order valence-corrected chi connectivity index (χ4v) is 3.48. The monoisotopic (exact) mass is 402 g/mol. The van der Waals surface area contributed by atoms with Crippen LogP contribution in [0.2, 0.25) is 0 Å². The second kappa shape index (κ2) is 7.11. The van der Waals surface area contributed by atoms with Gasteiger partial charge in [-0.15, -0.1) is 10.2 Å². The van der Waals surface area contributed by atoms with Gasteiger partial charge in [0.05, 0.1) is 10.9 Å². The van der Waals surface area contributed by atoms with E-state index in [4.69, 9.17) is 9.26 Å². The van der Waals surface area contributed by atoms with Crippen LogP contribution in [-0.2, 0) is 13.2 Å². The molecule has 0 saturated carbocycles. The number of nitrogens with zero attached hydrogens (tertiary/aromatic N) is 6. The lowest BCUT2D eigenvalue weighted by molar-refractivity contribution is 0.295. The molecule has 0 unspecified atom stereocenters. The Morgan fingerprint density at radius 3 is 2.77 bits per heavy atom. The lowest BCUT2D eigenvalue weighted by atomic mass is 10.2. The summed E-state index contributed by atoms with van der Waals surface area (Å²) in [6, 6.07) is 14.9. The van der Waals surface area contributed by atoms with Gasteiger partial charge in [-0.2, -0.15) is 4.98 Å². The summed E-state index contributed by atoms with van der Waals surface area (Å²) in [6.07, 6.45) is 0. The van der Waals surface area contributed by atoms with Crippen LogP contribution in [0.25, 0.3) is 28.1 Å². The maximum absolute atomic E-state index is 12.8. The van der Waals surface area contributed by atoms with Crippen molar-refractivity contribution in [3.05, 3.63) is 70.6 Å². The maximum atomic E-state index is 12.8. The van der Waals surface area contributed by atoms with Crippen LogP contribution in [-0.4, -0.2) is 29.3 Å². The summed E-state index contributed by atoms with van der Waals surface area (Å²) in [5, 5.41) is 13.1. The van der Waals surface area contributed by atoms with E-state index in [1.54, 1.807) is 11.5 Å². The van der Waals surface area contributed by atoms with E-state index in [9.17, 15) is 4.79 Å². The largest absolute Gasteiger partial charge is 0.486 e. The number of hydrogen-bond donors (Lipinski definition) is 0. The third-order valence-corrected chi connectivity index (χ3v) is 4.88. The maximum Gasteiger partial charge on any atom is 0.262 e. The first-order valence-corrected chi connectivity index (χ1v) is 9.55. The molecule has 9 heteroatoms. The fraction of sp³-hybridized carbons (Fsp3) is 0.190. The molecule has 0 N–H and O–H groups in total. The molecule has 0 aliphatic carbocycles. The van der Waals surface area contributed by atoms with Crippen molar-refractivity contribution in [1.29, 1.82) is 0 Å². The van der Waals surface area contributed by atoms with Crippen LogP contribution >= 0.6 is 0 Å². The van der Waals surface area contributed by atoms with Gasteiger partial charge in [0.15, 0.2) is 5.82 Å². The highest BCUT2D eigenvalue weighted by Gasteiger charge is 2.16. The molecule has 9 nitrogen and oxygen atoms in total. The van der Waals surface area contributed by atoms with E-state index in [1.807, 2.05) is 59.9 Å². The summed E-state index contributed by atoms with van der Waals surface area (Å²) in [7, 11) is 0. The van der Waals surface area contributed by atoms with Gasteiger partial charge in [-0.05, 0) is 31.2 Å². The highest BCUT2D eigenvalue weighted by atomic mass is 16.5. The third kappa shape index (κ3) is 2.91. The normalized spacial score (nSPS) is 11.4. The van der Waals surface area contributed by atoms with E-state index in [1.165, 1.54) is 0 Å². The summed E-state index contributed by atoms with van der Waals surface area (Å²) in [5.41, 5.74) is 1.46. The Labute approximate surface area is 170 Å². The van der Waals surface area contributed by atoms with Gasteiger partial charge in [0, 0.05) is 19.0 Å². The number of aryl methyl sites for hydroxylation is 2. The number of hydrogen-bond acceptors (Lipinski definition) is 7. The van der Waals surface area contributed by atoms with Crippen molar-refractivity contribution in [3.8, 4) is 17.1 Å². The lowest BCUT2D eigenvalue weighted by Gasteiger charge is -2.10. The summed E-state index contributed by atoms with van der Waals surface area (Å²) in [5.74, 6) is 2.74. The molecule has 0 bridgehead atoms. The fourth-order valence-electron chi connectivity index (χ4n) is 3.48. The van der Waals surface area contributed by atoms with E-state index in [0.29, 0.717) is 41.0 Å². The average Bonchev–Trinajstić information content (AvgIpc) is 3.39. The highest BCUT2D eigenvalue weighted by Crippen LogP contribution is 2.22. The number of aromatic nitrogens is 6. The van der Waals surface area contributed by atoms with Crippen LogP contribution in [0.1, 0.15) is 18.6 Å². The van der Waals surface area contributed by atoms with Gasteiger partial charge in [-0.25, -0.2) is 0 Å². The molecule has 3 aromatic heterocycles. The second-order valence-electron chi connectivity index (χ2n) is 6.77. The van der Waals surface area contributed by atoms with Crippen molar-refractivity contribution in [1.82, 2.24) is 29.3 Å². The molecule has 150 valence electrons. The summed E-state index contributed by atoms with van der Waals surface area (Å²) < 4.78 is 14.5. The SMILES string of the molecule is CCn1c(=O)c2ccccc2n2c(COc3cccc(-c4noc(C)n4)c3)nnc12. The first-order chi connectivity index (χ1) is 14.7. The van der Waals surface area contributed by atoms with Crippen LogP contribution in [0.15, 0.2) is 57.8 Å². The predicted octanol–water partition coefficient (Wildman–Crippen LogP) is 3.00. The molecule has 2 aromatic carbocycles. The second-order valence-corrected chi connectivity index (χ2v) is 6.77. The van der Waals surface area contributed by atoms with Gasteiger partial charge < -0.3 is 9.26 Å². The quantitative estimate of drug-likeness (QED) is 0.445. The predicted molar refractivity (Wildman–Crippen MR) is 109 cm³/mol. The summed E-state index contributed by atoms with van der Waals surface area (Å²) in [4.78, 5) is 17.0. The van der Waals surface area contributed by atoms with Crippen molar-refractivity contribution in [2.24, 2.45) is 0 Å². The molecule has 5 rings (SSSR count). The standard InChI is InChI=1S/C21H18N6O3/c1-3-26-20(28)16-9-4-5-10-17(16)27-18(23-24-21(26)27)12-29-15-8-6-7-14(11-15)19-22-13(2)30-25-19/h4-11H,3,12H2,1-2H3. The van der Waals surface area contributed by atoms with Gasteiger partial charge in [0.2, 0.25) is 17.5 Å². The van der Waals surface area contributed by atoms with E-state index < -0.39 is 0 Å². The van der Waals surface area contributed by atoms with Gasteiger partial charge in [-0.3, -0.25) is 13.8 Å². The molecule has 0 radical (unpaired) electrons. The number of ether oxygens (including phenoxy) is 1. The van der Waals surface area contributed by atoms with Crippen molar-refractivity contribution in [2.75, 3.05) is 0 Å². The molecule has 0 fully saturated rings. The first-order valence-electron chi connectivity index (χ1n) is 9.55. The number of benzene rings is 2. The van der Waals surface area contributed by atoms with Crippen molar-refractivity contribution in [2.45, 2.75) is 27.0 Å². The number of para-hydroxylation sites is 1. The van der Waals surface area contributed by atoms with Gasteiger partial charge >= 0.3 is 0 Å². The Morgan fingerprint density at radius 1 is 1.10 bits per heavy atom. The molecule has 0 spiro atoms. The first kappa shape index (κ1) is 18.0. The summed E-state index contributed by atoms with van der Waals surface area (Å²) >= 11 is 0. The Morgan fingerprint density at radius 2 is 1.97 bits per heavy atom. The minimum absolute atomic E-state index is 0.0800. The van der Waals surface area contributed by atoms with Crippen molar-refractivity contribution >= 4 is 16.7 Å². The van der Waals surface area contributed by atoms with E-state index >= 15 is 0 Å². The molecule has 0 saturated heterocycles. The molecule has 5 aromatic rings. The molecule has 0 aliphatic rings. The lowest BCUT2D eigenvalue weighted by Crippen LogP contribution is -2.22. The van der Waals surface area contributed by atoms with Crippen LogP contribution < -0.4 is 10.3 Å². The minimum Gasteiger partial charge on any atom is -0.486 e. The van der Waals surface area contributed by atoms with E-state index in [-0.39, 0.29) is 12.2 Å². The summed E-state index contributed by atoms with van der Waals surface area (Å²) in [6.45, 7) is 4.33. The van der Waals surface area contributed by atoms with Crippen molar-refractivity contribution < 1.29 is 9.26 Å². The Kier molecular flexibility index (Phi) is 4.27. The van der Waals surface area contributed by atoms with E-state index in [0.717, 1.165) is 11.1 Å². The van der Waals surface area contributed by atoms with E-state index in [2.05, 4.69) is 20.3 Å². The Balaban J connectivity index is 1.53. The van der Waals surface area contributed by atoms with Crippen molar-refractivity contribution in [3.63, 3.8) is 0 Å². The van der Waals surface area contributed by atoms with Crippen LogP contribution in [0.5, 0.6) is 5.75 Å². The molecule has 0 atom stereocenters. The van der Waals surface area contributed by atoms with Crippen LogP contribution in [0, 0.1) is 6.92 Å². The van der Waals surface area contributed by atoms with Gasteiger partial charge in [-0.1, -0.05) is 29.4 Å². The highest BCUT2D eigenvalue weighted by molar-refractivity contribution is 5.80. The number of fused-ring (bicyclic) bond motifs is 3. The average molecular weight is 402 g/mol. The topological polar surface area (TPSA) is 100 Å². The molecule has 0 amide bonds. The smallest absolute Gasteiger partial charge is 0.262 e. The Hall–Kier alpha value is -4.01. The molecule has 30 heavy (non-hydrogen) atoms. The molecular weight excluding hydrogens is 384 g/mol. The van der Waals surface area contributed by atoms with Gasteiger partial charge in [0.1, 0.15) is 12.4 Å². The molecule has 3 heterocycles. The zero-order valence-corrected chi connectivity index (χ0v) is 16.4. The third-order valence-electron chi connectivity index (χ3n) is 4.88. The molecule has 0 aliphatic heterocycles. The van der Waals surface area contributed by atoms with Gasteiger partial charge in [0.25, 0.3) is 5.56 Å². The zero-order chi connectivity index (χ0) is 20.7. The Bertz CT molecular complexity index is 1430. The number of rotatable bonds is 5. The van der Waals surface area contributed by atoms with Crippen LogP contribution in [0.4, 0.5) is 0 Å². The van der Waals surface area contributed by atoms with Crippen LogP contribution in [0.3, 0.4) is 0 Å². The molecular formula is C21H18N6O3. The minimum atomic E-state index is -0.0800.